The highest BCUT2D eigenvalue weighted by Crippen LogP contribution is 2.43. The fraction of sp³-hybridized carbons (Fsp3) is 0.0270. The molecule has 0 saturated carbocycles. The zero-order valence-electron chi connectivity index (χ0n) is 44.8. The zero-order chi connectivity index (χ0) is 54.6. The highest BCUT2D eigenvalue weighted by Gasteiger charge is 2.28. The normalized spacial score (nSPS) is 11.7. The maximum atomic E-state index is 14.6. The Morgan fingerprint density at radius 1 is 0.272 bits per heavy atom. The summed E-state index contributed by atoms with van der Waals surface area (Å²) in [6.45, 7) is 4.86. The summed E-state index contributed by atoms with van der Waals surface area (Å²) in [5, 5.41) is 7.23. The van der Waals surface area contributed by atoms with E-state index < -0.39 is 8.07 Å². The SMILES string of the molecule is C[Si](C)(c1cccc(-c2cccc(N(c3ccc(F)cc3)c3ccc4c(c3)c3ccccc3n4-c3ccccc3)c2)c1)c1cccc(-c2cccc(N(c3ccc(F)cc3)c3ccc4c(c3)c3ccccc3n4-c3ccccc3)c2)c1. The van der Waals surface area contributed by atoms with Gasteiger partial charge in [-0.2, -0.15) is 0 Å². The van der Waals surface area contributed by atoms with Crippen molar-refractivity contribution in [3.05, 3.63) is 303 Å². The van der Waals surface area contributed by atoms with Crippen LogP contribution in [0, 0.1) is 11.6 Å². The van der Waals surface area contributed by atoms with E-state index in [0.717, 1.165) is 111 Å². The topological polar surface area (TPSA) is 16.3 Å². The molecule has 0 saturated heterocycles. The molecule has 81 heavy (non-hydrogen) atoms. The average Bonchev–Trinajstić information content (AvgIpc) is 4.28. The van der Waals surface area contributed by atoms with Crippen LogP contribution >= 0.6 is 0 Å². The van der Waals surface area contributed by atoms with Crippen molar-refractivity contribution < 1.29 is 8.78 Å². The lowest BCUT2D eigenvalue weighted by Gasteiger charge is -2.27. The van der Waals surface area contributed by atoms with Crippen molar-refractivity contribution in [1.82, 2.24) is 9.13 Å². The summed E-state index contributed by atoms with van der Waals surface area (Å²) in [4.78, 5) is 4.45. The molecule has 2 aromatic heterocycles. The molecular formula is C74H54F2N4Si. The molecule has 0 N–H and O–H groups in total. The number of anilines is 6. The van der Waals surface area contributed by atoms with Crippen LogP contribution in [0.3, 0.4) is 0 Å². The van der Waals surface area contributed by atoms with Crippen molar-refractivity contribution in [2.24, 2.45) is 0 Å². The molecule has 0 unspecified atom stereocenters. The van der Waals surface area contributed by atoms with Crippen molar-refractivity contribution in [3.63, 3.8) is 0 Å². The number of hydrogen-bond acceptors (Lipinski definition) is 2. The van der Waals surface area contributed by atoms with Gasteiger partial charge >= 0.3 is 0 Å². The molecule has 0 fully saturated rings. The molecule has 2 heterocycles. The summed E-state index contributed by atoms with van der Waals surface area (Å²) in [7, 11) is -2.31. The Bertz CT molecular complexity index is 4350. The smallest absolute Gasteiger partial charge is 0.123 e. The summed E-state index contributed by atoms with van der Waals surface area (Å²) in [6, 6.07) is 100. The van der Waals surface area contributed by atoms with Gasteiger partial charge in [0.25, 0.3) is 0 Å². The Morgan fingerprint density at radius 3 is 1.02 bits per heavy atom. The van der Waals surface area contributed by atoms with Gasteiger partial charge < -0.3 is 18.9 Å². The van der Waals surface area contributed by atoms with Crippen LogP contribution in [0.2, 0.25) is 13.1 Å². The predicted octanol–water partition coefficient (Wildman–Crippen LogP) is 19.3. The summed E-state index contributed by atoms with van der Waals surface area (Å²) < 4.78 is 33.9. The van der Waals surface area contributed by atoms with Gasteiger partial charge in [-0.05, 0) is 168 Å². The second kappa shape index (κ2) is 20.3. The third-order valence-corrected chi connectivity index (χ3v) is 19.6. The fourth-order valence-electron chi connectivity index (χ4n) is 12.0. The van der Waals surface area contributed by atoms with Crippen LogP contribution in [0.15, 0.2) is 291 Å². The number of aromatic nitrogens is 2. The maximum absolute atomic E-state index is 14.6. The molecule has 7 heteroatoms. The lowest BCUT2D eigenvalue weighted by molar-refractivity contribution is 0.627. The van der Waals surface area contributed by atoms with E-state index in [1.54, 1.807) is 0 Å². The van der Waals surface area contributed by atoms with Gasteiger partial charge in [-0.15, -0.1) is 0 Å². The van der Waals surface area contributed by atoms with E-state index in [9.17, 15) is 8.78 Å². The molecule has 388 valence electrons. The summed E-state index contributed by atoms with van der Waals surface area (Å²) in [6.07, 6.45) is 0. The van der Waals surface area contributed by atoms with Crippen LogP contribution in [0.4, 0.5) is 42.9 Å². The Morgan fingerprint density at radius 2 is 0.605 bits per heavy atom. The highest BCUT2D eigenvalue weighted by molar-refractivity contribution is 7.00. The summed E-state index contributed by atoms with van der Waals surface area (Å²) >= 11 is 0. The summed E-state index contributed by atoms with van der Waals surface area (Å²) in [5.74, 6) is -0.557. The van der Waals surface area contributed by atoms with Crippen LogP contribution < -0.4 is 20.2 Å². The van der Waals surface area contributed by atoms with Crippen molar-refractivity contribution in [2.75, 3.05) is 9.80 Å². The van der Waals surface area contributed by atoms with E-state index in [4.69, 9.17) is 0 Å². The third-order valence-electron chi connectivity index (χ3n) is 16.1. The largest absolute Gasteiger partial charge is 0.310 e. The first-order chi connectivity index (χ1) is 39.7. The van der Waals surface area contributed by atoms with Gasteiger partial charge in [0.15, 0.2) is 0 Å². The lowest BCUT2D eigenvalue weighted by atomic mass is 10.0. The van der Waals surface area contributed by atoms with E-state index in [1.807, 2.05) is 36.4 Å². The first-order valence-electron chi connectivity index (χ1n) is 27.4. The van der Waals surface area contributed by atoms with E-state index >= 15 is 0 Å². The van der Waals surface area contributed by atoms with Gasteiger partial charge in [0.05, 0.1) is 22.1 Å². The van der Waals surface area contributed by atoms with Gasteiger partial charge in [0, 0.05) is 67.0 Å². The number of para-hydroxylation sites is 4. The van der Waals surface area contributed by atoms with Crippen LogP contribution in [0.1, 0.15) is 0 Å². The molecular weight excluding hydrogens is 1010 g/mol. The number of fused-ring (bicyclic) bond motifs is 6. The van der Waals surface area contributed by atoms with E-state index in [0.29, 0.717) is 0 Å². The van der Waals surface area contributed by atoms with E-state index in [2.05, 4.69) is 263 Å². The van der Waals surface area contributed by atoms with Gasteiger partial charge in [-0.25, -0.2) is 8.78 Å². The van der Waals surface area contributed by atoms with Crippen molar-refractivity contribution in [2.45, 2.75) is 13.1 Å². The molecule has 0 radical (unpaired) electrons. The average molecular weight is 1070 g/mol. The Kier molecular flexibility index (Phi) is 12.3. The van der Waals surface area contributed by atoms with Crippen LogP contribution in [-0.4, -0.2) is 17.2 Å². The van der Waals surface area contributed by atoms with Crippen LogP contribution in [-0.2, 0) is 0 Å². The number of hydrogen-bond donors (Lipinski definition) is 0. The molecule has 12 aromatic carbocycles. The van der Waals surface area contributed by atoms with Crippen LogP contribution in [0.25, 0.3) is 77.2 Å². The minimum absolute atomic E-state index is 0.279. The first-order valence-corrected chi connectivity index (χ1v) is 30.4. The summed E-state index contributed by atoms with van der Waals surface area (Å²) in [5.41, 5.74) is 16.8. The molecule has 0 aliphatic carbocycles. The molecule has 0 bridgehead atoms. The Labute approximate surface area is 470 Å². The molecule has 0 aliphatic heterocycles. The van der Waals surface area contributed by atoms with E-state index in [-0.39, 0.29) is 11.6 Å². The number of rotatable bonds is 12. The molecule has 0 atom stereocenters. The molecule has 4 nitrogen and oxygen atoms in total. The Hall–Kier alpha value is -10.1. The van der Waals surface area contributed by atoms with Crippen molar-refractivity contribution in [1.29, 1.82) is 0 Å². The molecule has 14 aromatic rings. The molecule has 0 spiro atoms. The van der Waals surface area contributed by atoms with Gasteiger partial charge in [-0.1, -0.05) is 169 Å². The third kappa shape index (κ3) is 8.94. The number of halogens is 2. The van der Waals surface area contributed by atoms with Crippen molar-refractivity contribution in [3.8, 4) is 33.6 Å². The number of benzene rings is 12. The lowest BCUT2D eigenvalue weighted by Crippen LogP contribution is -2.52. The van der Waals surface area contributed by atoms with Crippen molar-refractivity contribution >= 4 is 96.2 Å². The molecule has 0 aliphatic rings. The predicted molar refractivity (Wildman–Crippen MR) is 338 cm³/mol. The molecule has 0 amide bonds. The monoisotopic (exact) mass is 1060 g/mol. The quantitative estimate of drug-likeness (QED) is 0.113. The number of nitrogens with zero attached hydrogens (tertiary/aromatic N) is 4. The van der Waals surface area contributed by atoms with Gasteiger partial charge in [0.2, 0.25) is 0 Å². The maximum Gasteiger partial charge on any atom is 0.123 e. The standard InChI is InChI=1S/C74H54F2N4Si/c1-81(2,65-27-15-19-53(47-65)51-17-13-25-61(45-51)77(59-37-33-55(75)34-38-59)63-41-43-73-69(49-63)67-29-9-11-31-71(67)79(73)57-21-5-3-6-22-57)66-28-16-20-54(48-66)52-18-14-26-62(46-52)78(60-39-35-56(76)36-40-60)64-42-44-74-70(50-64)68-30-10-12-32-72(68)80(74)58-23-7-4-8-24-58/h3-50H,1-2H3. The Balaban J connectivity index is 0.802. The highest BCUT2D eigenvalue weighted by atomic mass is 28.3. The fourth-order valence-corrected chi connectivity index (χ4v) is 14.4. The van der Waals surface area contributed by atoms with Gasteiger partial charge in [0.1, 0.15) is 19.7 Å². The minimum atomic E-state index is -2.31. The minimum Gasteiger partial charge on any atom is -0.310 e. The second-order valence-corrected chi connectivity index (χ2v) is 25.7. The van der Waals surface area contributed by atoms with E-state index in [1.165, 1.54) is 34.6 Å². The van der Waals surface area contributed by atoms with Crippen LogP contribution in [0.5, 0.6) is 0 Å². The zero-order valence-corrected chi connectivity index (χ0v) is 45.8. The molecule has 14 rings (SSSR count). The second-order valence-electron chi connectivity index (χ2n) is 21.3. The van der Waals surface area contributed by atoms with Gasteiger partial charge in [-0.3, -0.25) is 0 Å². The first kappa shape index (κ1) is 49.2.